The Hall–Kier alpha value is -1.88. The first-order chi connectivity index (χ1) is 8.97. The lowest BCUT2D eigenvalue weighted by molar-refractivity contribution is -0.134. The molecule has 0 spiro atoms. The van der Waals surface area contributed by atoms with Gasteiger partial charge in [-0.2, -0.15) is 0 Å². The molecule has 0 fully saturated rings. The molecule has 0 unspecified atom stereocenters. The average molecular weight is 276 g/mol. The van der Waals surface area contributed by atoms with Crippen molar-refractivity contribution in [3.8, 4) is 11.3 Å². The Labute approximate surface area is 116 Å². The van der Waals surface area contributed by atoms with E-state index in [2.05, 4.69) is 35.4 Å². The molecule has 0 bridgehead atoms. The Morgan fingerprint density at radius 1 is 1.37 bits per heavy atom. The van der Waals surface area contributed by atoms with Crippen LogP contribution in [0.3, 0.4) is 0 Å². The first kappa shape index (κ1) is 13.5. The lowest BCUT2D eigenvalue weighted by Gasteiger charge is -2.05. The summed E-state index contributed by atoms with van der Waals surface area (Å²) in [7, 11) is 0. The molecular formula is C14H16N2O2S. The van der Waals surface area contributed by atoms with E-state index in [0.717, 1.165) is 16.1 Å². The Morgan fingerprint density at radius 2 is 2.11 bits per heavy atom. The number of hydrogen-bond acceptors (Lipinski definition) is 4. The number of aryl methyl sites for hydroxylation is 3. The molecule has 0 aliphatic heterocycles. The summed E-state index contributed by atoms with van der Waals surface area (Å²) in [4.78, 5) is 16.1. The topological polar surface area (TPSA) is 62.2 Å². The van der Waals surface area contributed by atoms with E-state index in [4.69, 9.17) is 5.11 Å². The van der Waals surface area contributed by atoms with Crippen LogP contribution in [0.15, 0.2) is 18.2 Å². The van der Waals surface area contributed by atoms with Crippen LogP contribution in [0.5, 0.6) is 0 Å². The largest absolute Gasteiger partial charge is 0.480 e. The molecule has 2 rings (SSSR count). The van der Waals surface area contributed by atoms with E-state index >= 15 is 0 Å². The van der Waals surface area contributed by atoms with Crippen LogP contribution in [0, 0.1) is 20.8 Å². The third-order valence-electron chi connectivity index (χ3n) is 2.84. The van der Waals surface area contributed by atoms with Gasteiger partial charge in [-0.15, -0.1) is 11.3 Å². The number of nitrogens with zero attached hydrogens (tertiary/aromatic N) is 1. The van der Waals surface area contributed by atoms with E-state index in [0.29, 0.717) is 5.13 Å². The first-order valence-electron chi connectivity index (χ1n) is 5.98. The quantitative estimate of drug-likeness (QED) is 0.900. The van der Waals surface area contributed by atoms with Crippen molar-refractivity contribution in [2.24, 2.45) is 0 Å². The van der Waals surface area contributed by atoms with Gasteiger partial charge in [0.15, 0.2) is 5.13 Å². The predicted molar refractivity (Wildman–Crippen MR) is 77.9 cm³/mol. The molecule has 0 amide bonds. The van der Waals surface area contributed by atoms with Gasteiger partial charge in [0.1, 0.15) is 6.54 Å². The molecule has 0 aliphatic carbocycles. The van der Waals surface area contributed by atoms with Crippen LogP contribution < -0.4 is 5.32 Å². The van der Waals surface area contributed by atoms with E-state index < -0.39 is 5.97 Å². The van der Waals surface area contributed by atoms with E-state index in [9.17, 15) is 4.79 Å². The van der Waals surface area contributed by atoms with E-state index in [1.54, 1.807) is 0 Å². The summed E-state index contributed by atoms with van der Waals surface area (Å²) >= 11 is 1.48. The van der Waals surface area contributed by atoms with Gasteiger partial charge in [-0.1, -0.05) is 17.7 Å². The van der Waals surface area contributed by atoms with Gasteiger partial charge in [0.2, 0.25) is 0 Å². The third-order valence-corrected chi connectivity index (χ3v) is 3.76. The van der Waals surface area contributed by atoms with Gasteiger partial charge in [0, 0.05) is 10.4 Å². The highest BCUT2D eigenvalue weighted by atomic mass is 32.1. The SMILES string of the molecule is Cc1ccc(C)c(-c2nc(NCC(=O)O)sc2C)c1. The molecule has 2 N–H and O–H groups in total. The van der Waals surface area contributed by atoms with Gasteiger partial charge in [-0.3, -0.25) is 4.79 Å². The minimum atomic E-state index is -0.888. The van der Waals surface area contributed by atoms with Crippen LogP contribution in [0.25, 0.3) is 11.3 Å². The number of aromatic nitrogens is 1. The summed E-state index contributed by atoms with van der Waals surface area (Å²) in [5.41, 5.74) is 4.40. The number of hydrogen-bond donors (Lipinski definition) is 2. The summed E-state index contributed by atoms with van der Waals surface area (Å²) in [6, 6.07) is 6.26. The highest BCUT2D eigenvalue weighted by Crippen LogP contribution is 2.32. The van der Waals surface area contributed by atoms with Crippen molar-refractivity contribution in [1.29, 1.82) is 0 Å². The van der Waals surface area contributed by atoms with E-state index in [1.807, 2.05) is 13.8 Å². The van der Waals surface area contributed by atoms with Gasteiger partial charge < -0.3 is 10.4 Å². The number of benzene rings is 1. The van der Waals surface area contributed by atoms with Gasteiger partial charge in [-0.05, 0) is 32.4 Å². The second-order valence-electron chi connectivity index (χ2n) is 4.49. The maximum atomic E-state index is 10.5. The van der Waals surface area contributed by atoms with Crippen molar-refractivity contribution in [2.45, 2.75) is 20.8 Å². The Balaban J connectivity index is 2.34. The van der Waals surface area contributed by atoms with Crippen molar-refractivity contribution in [3.05, 3.63) is 34.2 Å². The zero-order valence-corrected chi connectivity index (χ0v) is 12.0. The lowest BCUT2D eigenvalue weighted by atomic mass is 10.0. The number of nitrogens with one attached hydrogen (secondary N) is 1. The fraction of sp³-hybridized carbons (Fsp3) is 0.286. The molecule has 1 heterocycles. The van der Waals surface area contributed by atoms with E-state index in [-0.39, 0.29) is 6.54 Å². The monoisotopic (exact) mass is 276 g/mol. The summed E-state index contributed by atoms with van der Waals surface area (Å²) in [5, 5.41) is 12.1. The van der Waals surface area contributed by atoms with Crippen LogP contribution in [0.2, 0.25) is 0 Å². The second-order valence-corrected chi connectivity index (χ2v) is 5.69. The molecule has 1 aromatic heterocycles. The van der Waals surface area contributed by atoms with Gasteiger partial charge in [0.25, 0.3) is 0 Å². The van der Waals surface area contributed by atoms with Crippen molar-refractivity contribution < 1.29 is 9.90 Å². The predicted octanol–water partition coefficient (Wildman–Crippen LogP) is 3.23. The second kappa shape index (κ2) is 5.40. The van der Waals surface area contributed by atoms with Crippen LogP contribution >= 0.6 is 11.3 Å². The Kier molecular flexibility index (Phi) is 3.85. The molecule has 0 aliphatic rings. The van der Waals surface area contributed by atoms with Crippen molar-refractivity contribution in [3.63, 3.8) is 0 Å². The number of aliphatic carboxylic acids is 1. The molecule has 0 atom stereocenters. The molecule has 2 aromatic rings. The zero-order valence-electron chi connectivity index (χ0n) is 11.2. The Morgan fingerprint density at radius 3 is 2.79 bits per heavy atom. The molecular weight excluding hydrogens is 260 g/mol. The van der Waals surface area contributed by atoms with Crippen LogP contribution in [0.4, 0.5) is 5.13 Å². The average Bonchev–Trinajstić information content (AvgIpc) is 2.71. The lowest BCUT2D eigenvalue weighted by Crippen LogP contribution is -2.11. The highest BCUT2D eigenvalue weighted by molar-refractivity contribution is 7.16. The number of carbonyl (C=O) groups is 1. The summed E-state index contributed by atoms with van der Waals surface area (Å²) in [5.74, 6) is -0.888. The fourth-order valence-corrected chi connectivity index (χ4v) is 2.69. The smallest absolute Gasteiger partial charge is 0.322 e. The molecule has 1 aromatic carbocycles. The molecule has 19 heavy (non-hydrogen) atoms. The molecule has 0 saturated heterocycles. The van der Waals surface area contributed by atoms with Gasteiger partial charge in [-0.25, -0.2) is 4.98 Å². The third kappa shape index (κ3) is 3.12. The van der Waals surface area contributed by atoms with Crippen LogP contribution in [-0.4, -0.2) is 22.6 Å². The summed E-state index contributed by atoms with van der Waals surface area (Å²) < 4.78 is 0. The standard InChI is InChI=1S/C14H16N2O2S/c1-8-4-5-9(2)11(6-8)13-10(3)19-14(16-13)15-7-12(17)18/h4-6H,7H2,1-3H3,(H,15,16)(H,17,18). The highest BCUT2D eigenvalue weighted by Gasteiger charge is 2.12. The molecule has 100 valence electrons. The molecule has 5 heteroatoms. The summed E-state index contributed by atoms with van der Waals surface area (Å²) in [6.45, 7) is 5.99. The number of carboxylic acids is 1. The minimum Gasteiger partial charge on any atom is -0.480 e. The molecule has 0 radical (unpaired) electrons. The van der Waals surface area contributed by atoms with Crippen LogP contribution in [-0.2, 0) is 4.79 Å². The number of carboxylic acid groups (broad SMARTS) is 1. The number of thiazole rings is 1. The number of anilines is 1. The van der Waals surface area contributed by atoms with Gasteiger partial charge >= 0.3 is 5.97 Å². The molecule has 0 saturated carbocycles. The van der Waals surface area contributed by atoms with E-state index in [1.165, 1.54) is 22.5 Å². The maximum Gasteiger partial charge on any atom is 0.322 e. The van der Waals surface area contributed by atoms with Crippen molar-refractivity contribution in [1.82, 2.24) is 4.98 Å². The maximum absolute atomic E-state index is 10.5. The first-order valence-corrected chi connectivity index (χ1v) is 6.79. The minimum absolute atomic E-state index is 0.112. The van der Waals surface area contributed by atoms with Crippen LogP contribution in [0.1, 0.15) is 16.0 Å². The summed E-state index contributed by atoms with van der Waals surface area (Å²) in [6.07, 6.45) is 0. The normalized spacial score (nSPS) is 10.5. The van der Waals surface area contributed by atoms with Crippen molar-refractivity contribution in [2.75, 3.05) is 11.9 Å². The molecule has 4 nitrogen and oxygen atoms in total. The zero-order chi connectivity index (χ0) is 14.0. The number of rotatable bonds is 4. The fourth-order valence-electron chi connectivity index (χ4n) is 1.86. The van der Waals surface area contributed by atoms with Crippen molar-refractivity contribution >= 4 is 22.4 Å². The van der Waals surface area contributed by atoms with Gasteiger partial charge in [0.05, 0.1) is 5.69 Å². The Bertz CT molecular complexity index is 620.